The van der Waals surface area contributed by atoms with Crippen LogP contribution in [-0.4, -0.2) is 16.8 Å². The zero-order valence-corrected chi connectivity index (χ0v) is 16.2. The van der Waals surface area contributed by atoms with Crippen molar-refractivity contribution in [3.63, 3.8) is 0 Å². The second-order valence-electron chi connectivity index (χ2n) is 7.09. The van der Waals surface area contributed by atoms with Gasteiger partial charge in [-0.2, -0.15) is 0 Å². The van der Waals surface area contributed by atoms with E-state index in [0.29, 0.717) is 27.8 Å². The molecule has 1 atom stereocenters. The van der Waals surface area contributed by atoms with Crippen LogP contribution >= 0.6 is 0 Å². The number of hydrogen-bond acceptors (Lipinski definition) is 5. The number of nitrogens with one attached hydrogen (secondary N) is 2. The van der Waals surface area contributed by atoms with Crippen molar-refractivity contribution in [1.29, 1.82) is 0 Å². The van der Waals surface area contributed by atoms with Crippen LogP contribution in [0.2, 0.25) is 0 Å². The molecule has 0 spiro atoms. The van der Waals surface area contributed by atoms with Crippen LogP contribution in [0.25, 0.3) is 11.0 Å². The summed E-state index contributed by atoms with van der Waals surface area (Å²) in [5, 5.41) is 4.72. The SMILES string of the molecule is O=C(NN1C(=O)c2ccccc2NC1c1coc2ccccc2c1=O)c1ccccc1. The first kappa shape index (κ1) is 18.6. The second-order valence-corrected chi connectivity index (χ2v) is 7.09. The summed E-state index contributed by atoms with van der Waals surface area (Å²) in [6.45, 7) is 0. The number of amides is 2. The molecule has 7 heteroatoms. The van der Waals surface area contributed by atoms with E-state index in [2.05, 4.69) is 10.7 Å². The largest absolute Gasteiger partial charge is 0.464 e. The minimum atomic E-state index is -0.948. The number of fused-ring (bicyclic) bond motifs is 2. The fourth-order valence-electron chi connectivity index (χ4n) is 3.63. The maximum atomic E-state index is 13.3. The molecule has 0 saturated carbocycles. The molecule has 4 aromatic rings. The number of hydrogen-bond donors (Lipinski definition) is 2. The van der Waals surface area contributed by atoms with Crippen LogP contribution in [0.4, 0.5) is 5.69 Å². The van der Waals surface area contributed by atoms with Crippen molar-refractivity contribution in [3.8, 4) is 0 Å². The molecule has 0 bridgehead atoms. The first-order chi connectivity index (χ1) is 15.1. The van der Waals surface area contributed by atoms with Crippen molar-refractivity contribution in [3.05, 3.63) is 112 Å². The number of hydrazine groups is 1. The molecule has 5 rings (SSSR count). The minimum Gasteiger partial charge on any atom is -0.464 e. The van der Waals surface area contributed by atoms with Gasteiger partial charge in [0.05, 0.1) is 16.5 Å². The van der Waals surface area contributed by atoms with Gasteiger partial charge >= 0.3 is 0 Å². The zero-order valence-electron chi connectivity index (χ0n) is 16.2. The van der Waals surface area contributed by atoms with Gasteiger partial charge in [-0.1, -0.05) is 42.5 Å². The van der Waals surface area contributed by atoms with E-state index in [4.69, 9.17) is 4.42 Å². The summed E-state index contributed by atoms with van der Waals surface area (Å²) in [5.74, 6) is -0.901. The molecule has 0 fully saturated rings. The third-order valence-electron chi connectivity index (χ3n) is 5.19. The standard InChI is InChI=1S/C24H17N3O4/c28-21-17-11-5-7-13-20(17)31-14-18(21)22-25-19-12-6-4-10-16(19)24(30)27(22)26-23(29)15-8-2-1-3-9-15/h1-14,22,25H,(H,26,29). The Kier molecular flexibility index (Phi) is 4.48. The summed E-state index contributed by atoms with van der Waals surface area (Å²) in [6.07, 6.45) is 0.376. The summed E-state index contributed by atoms with van der Waals surface area (Å²) < 4.78 is 5.65. The number of carbonyl (C=O) groups excluding carboxylic acids is 2. The molecule has 2 amide bonds. The second kappa shape index (κ2) is 7.46. The maximum Gasteiger partial charge on any atom is 0.276 e. The molecule has 152 valence electrons. The van der Waals surface area contributed by atoms with Crippen LogP contribution in [0, 0.1) is 0 Å². The highest BCUT2D eigenvalue weighted by atomic mass is 16.3. The van der Waals surface area contributed by atoms with Gasteiger partial charge in [-0.05, 0) is 36.4 Å². The summed E-state index contributed by atoms with van der Waals surface area (Å²) in [6, 6.07) is 22.4. The van der Waals surface area contributed by atoms with Gasteiger partial charge in [-0.3, -0.25) is 19.8 Å². The minimum absolute atomic E-state index is 0.204. The van der Waals surface area contributed by atoms with E-state index in [0.717, 1.165) is 5.01 Å². The van der Waals surface area contributed by atoms with Gasteiger partial charge in [0, 0.05) is 11.3 Å². The molecule has 2 N–H and O–H groups in total. The van der Waals surface area contributed by atoms with E-state index in [-0.39, 0.29) is 11.0 Å². The summed E-state index contributed by atoms with van der Waals surface area (Å²) in [4.78, 5) is 39.3. The Labute approximate surface area is 176 Å². The predicted octanol–water partition coefficient (Wildman–Crippen LogP) is 3.70. The van der Waals surface area contributed by atoms with Crippen molar-refractivity contribution >= 4 is 28.5 Å². The highest BCUT2D eigenvalue weighted by Gasteiger charge is 2.36. The average molecular weight is 411 g/mol. The monoisotopic (exact) mass is 411 g/mol. The molecule has 1 unspecified atom stereocenters. The average Bonchev–Trinajstić information content (AvgIpc) is 2.82. The van der Waals surface area contributed by atoms with Gasteiger partial charge in [0.1, 0.15) is 11.8 Å². The molecule has 1 aliphatic heterocycles. The molecular formula is C24H17N3O4. The Hall–Kier alpha value is -4.39. The van der Waals surface area contributed by atoms with Crippen LogP contribution in [0.3, 0.4) is 0 Å². The number of para-hydroxylation sites is 2. The van der Waals surface area contributed by atoms with Crippen LogP contribution in [0.15, 0.2) is 94.3 Å². The van der Waals surface area contributed by atoms with E-state index in [9.17, 15) is 14.4 Å². The molecular weight excluding hydrogens is 394 g/mol. The topological polar surface area (TPSA) is 91.7 Å². The van der Waals surface area contributed by atoms with E-state index in [1.54, 1.807) is 78.9 Å². The lowest BCUT2D eigenvalue weighted by Gasteiger charge is -2.37. The first-order valence-electron chi connectivity index (χ1n) is 9.69. The lowest BCUT2D eigenvalue weighted by Crippen LogP contribution is -2.53. The molecule has 0 saturated heterocycles. The Balaban J connectivity index is 1.61. The van der Waals surface area contributed by atoms with E-state index < -0.39 is 18.0 Å². The van der Waals surface area contributed by atoms with E-state index >= 15 is 0 Å². The van der Waals surface area contributed by atoms with Crippen molar-refractivity contribution in [2.45, 2.75) is 6.17 Å². The van der Waals surface area contributed by atoms with E-state index in [1.807, 2.05) is 0 Å². The molecule has 2 heterocycles. The van der Waals surface area contributed by atoms with Crippen molar-refractivity contribution in [2.75, 3.05) is 5.32 Å². The highest BCUT2D eigenvalue weighted by molar-refractivity contribution is 6.04. The molecule has 3 aromatic carbocycles. The van der Waals surface area contributed by atoms with Gasteiger partial charge in [0.25, 0.3) is 11.8 Å². The predicted molar refractivity (Wildman–Crippen MR) is 115 cm³/mol. The number of nitrogens with zero attached hydrogens (tertiary/aromatic N) is 1. The van der Waals surface area contributed by atoms with Crippen LogP contribution < -0.4 is 16.2 Å². The number of rotatable bonds is 3. The summed E-state index contributed by atoms with van der Waals surface area (Å²) in [5.41, 5.74) is 4.35. The maximum absolute atomic E-state index is 13.3. The quantitative estimate of drug-likeness (QED) is 0.536. The number of carbonyl (C=O) groups is 2. The lowest BCUT2D eigenvalue weighted by atomic mass is 10.0. The molecule has 1 aromatic heterocycles. The van der Waals surface area contributed by atoms with Crippen LogP contribution in [0.5, 0.6) is 0 Å². The van der Waals surface area contributed by atoms with Gasteiger partial charge in [-0.25, -0.2) is 5.01 Å². The van der Waals surface area contributed by atoms with E-state index in [1.165, 1.54) is 6.26 Å². The Morgan fingerprint density at radius 1 is 0.903 bits per heavy atom. The molecule has 31 heavy (non-hydrogen) atoms. The van der Waals surface area contributed by atoms with Gasteiger partial charge < -0.3 is 9.73 Å². The van der Waals surface area contributed by atoms with Crippen molar-refractivity contribution < 1.29 is 14.0 Å². The number of benzene rings is 3. The zero-order chi connectivity index (χ0) is 21.4. The van der Waals surface area contributed by atoms with Crippen molar-refractivity contribution in [1.82, 2.24) is 10.4 Å². The fraction of sp³-hybridized carbons (Fsp3) is 0.0417. The molecule has 1 aliphatic rings. The normalized spacial score (nSPS) is 15.3. The third-order valence-corrected chi connectivity index (χ3v) is 5.19. The molecule has 0 radical (unpaired) electrons. The van der Waals surface area contributed by atoms with Gasteiger partial charge in [0.15, 0.2) is 11.6 Å². The third kappa shape index (κ3) is 3.22. The van der Waals surface area contributed by atoms with Crippen molar-refractivity contribution in [2.24, 2.45) is 0 Å². The number of anilines is 1. The van der Waals surface area contributed by atoms with Gasteiger partial charge in [0.2, 0.25) is 0 Å². The summed E-state index contributed by atoms with van der Waals surface area (Å²) in [7, 11) is 0. The van der Waals surface area contributed by atoms with Crippen LogP contribution in [0.1, 0.15) is 32.4 Å². The lowest BCUT2D eigenvalue weighted by molar-refractivity contribution is 0.0488. The summed E-state index contributed by atoms with van der Waals surface area (Å²) >= 11 is 0. The Morgan fingerprint density at radius 3 is 2.45 bits per heavy atom. The Bertz CT molecular complexity index is 1360. The molecule has 0 aliphatic carbocycles. The van der Waals surface area contributed by atoms with Gasteiger partial charge in [-0.15, -0.1) is 0 Å². The first-order valence-corrected chi connectivity index (χ1v) is 9.69. The van der Waals surface area contributed by atoms with Crippen LogP contribution in [-0.2, 0) is 0 Å². The highest BCUT2D eigenvalue weighted by Crippen LogP contribution is 2.31. The Morgan fingerprint density at radius 2 is 1.61 bits per heavy atom. The smallest absolute Gasteiger partial charge is 0.276 e. The molecule has 7 nitrogen and oxygen atoms in total. The fourth-order valence-corrected chi connectivity index (χ4v) is 3.63.